The Morgan fingerprint density at radius 2 is 1.88 bits per heavy atom. The highest BCUT2D eigenvalue weighted by molar-refractivity contribution is 5.77. The molecule has 82 valence electrons. The van der Waals surface area contributed by atoms with Crippen LogP contribution in [0.2, 0.25) is 0 Å². The van der Waals surface area contributed by atoms with Crippen molar-refractivity contribution >= 4 is 5.69 Å². The number of anilines is 1. The van der Waals surface area contributed by atoms with Gasteiger partial charge in [0.2, 0.25) is 0 Å². The highest BCUT2D eigenvalue weighted by atomic mass is 14.8. The minimum Gasteiger partial charge on any atom is -0.388 e. The van der Waals surface area contributed by atoms with Gasteiger partial charge in [-0.3, -0.25) is 0 Å². The molecule has 2 aromatic carbocycles. The molecule has 0 fully saturated rings. The van der Waals surface area contributed by atoms with E-state index < -0.39 is 0 Å². The summed E-state index contributed by atoms with van der Waals surface area (Å²) >= 11 is 0. The molecule has 0 spiro atoms. The molecule has 0 aromatic heterocycles. The van der Waals surface area contributed by atoms with Crippen LogP contribution in [0.4, 0.5) is 5.69 Å². The van der Waals surface area contributed by atoms with Gasteiger partial charge < -0.3 is 11.1 Å². The minimum atomic E-state index is 0.579. The van der Waals surface area contributed by atoms with E-state index in [-0.39, 0.29) is 0 Å². The Balaban J connectivity index is 2.49. The summed E-state index contributed by atoms with van der Waals surface area (Å²) in [6.45, 7) is 0.579. The molecule has 0 unspecified atom stereocenters. The molecule has 0 aliphatic carbocycles. The molecule has 0 bridgehead atoms. The lowest BCUT2D eigenvalue weighted by atomic mass is 10.0. The first-order valence-electron chi connectivity index (χ1n) is 5.41. The Hall–Kier alpha value is -1.80. The summed E-state index contributed by atoms with van der Waals surface area (Å²) in [5.41, 5.74) is 10.4. The molecule has 2 heteroatoms. The average molecular weight is 212 g/mol. The van der Waals surface area contributed by atoms with Gasteiger partial charge in [0.25, 0.3) is 0 Å². The summed E-state index contributed by atoms with van der Waals surface area (Å²) < 4.78 is 0. The molecule has 16 heavy (non-hydrogen) atoms. The number of hydrogen-bond acceptors (Lipinski definition) is 2. The van der Waals surface area contributed by atoms with E-state index in [1.165, 1.54) is 11.1 Å². The van der Waals surface area contributed by atoms with Gasteiger partial charge in [0.05, 0.1) is 0 Å². The van der Waals surface area contributed by atoms with E-state index in [1.807, 2.05) is 31.3 Å². The van der Waals surface area contributed by atoms with Crippen molar-refractivity contribution in [3.05, 3.63) is 54.1 Å². The molecule has 3 N–H and O–H groups in total. The second kappa shape index (κ2) is 4.81. The third kappa shape index (κ3) is 2.07. The van der Waals surface area contributed by atoms with E-state index in [0.717, 1.165) is 11.3 Å². The van der Waals surface area contributed by atoms with Crippen LogP contribution in [0.3, 0.4) is 0 Å². The van der Waals surface area contributed by atoms with Gasteiger partial charge in [0, 0.05) is 24.8 Å². The largest absolute Gasteiger partial charge is 0.388 e. The number of nitrogens with one attached hydrogen (secondary N) is 1. The molecule has 0 atom stereocenters. The molecule has 0 aliphatic heterocycles. The lowest BCUT2D eigenvalue weighted by Gasteiger charge is -2.09. The maximum Gasteiger partial charge on any atom is 0.0417 e. The van der Waals surface area contributed by atoms with Gasteiger partial charge in [0.15, 0.2) is 0 Å². The monoisotopic (exact) mass is 212 g/mol. The maximum atomic E-state index is 5.65. The number of rotatable bonds is 3. The zero-order valence-electron chi connectivity index (χ0n) is 9.40. The van der Waals surface area contributed by atoms with Crippen LogP contribution in [0, 0.1) is 0 Å². The molecule has 0 saturated carbocycles. The summed E-state index contributed by atoms with van der Waals surface area (Å²) in [6, 6.07) is 16.6. The second-order valence-electron chi connectivity index (χ2n) is 3.70. The second-order valence-corrected chi connectivity index (χ2v) is 3.70. The summed E-state index contributed by atoms with van der Waals surface area (Å²) in [5.74, 6) is 0. The molecule has 0 aliphatic rings. The van der Waals surface area contributed by atoms with E-state index >= 15 is 0 Å². The van der Waals surface area contributed by atoms with Crippen molar-refractivity contribution in [3.63, 3.8) is 0 Å². The van der Waals surface area contributed by atoms with E-state index in [4.69, 9.17) is 5.73 Å². The molecule has 0 radical (unpaired) electrons. The average Bonchev–Trinajstić information content (AvgIpc) is 2.38. The molecular weight excluding hydrogens is 196 g/mol. The molecule has 2 nitrogen and oxygen atoms in total. The fraction of sp³-hybridized carbons (Fsp3) is 0.143. The first-order chi connectivity index (χ1) is 7.85. The highest BCUT2D eigenvalue weighted by Crippen LogP contribution is 2.27. The smallest absolute Gasteiger partial charge is 0.0417 e. The van der Waals surface area contributed by atoms with Gasteiger partial charge >= 0.3 is 0 Å². The first-order valence-corrected chi connectivity index (χ1v) is 5.41. The van der Waals surface area contributed by atoms with E-state index in [0.29, 0.717) is 6.54 Å². The Morgan fingerprint density at radius 3 is 2.62 bits per heavy atom. The minimum absolute atomic E-state index is 0.579. The van der Waals surface area contributed by atoms with Crippen LogP contribution in [-0.4, -0.2) is 7.05 Å². The quantitative estimate of drug-likeness (QED) is 0.821. The zero-order valence-corrected chi connectivity index (χ0v) is 9.40. The van der Waals surface area contributed by atoms with E-state index in [1.54, 1.807) is 0 Å². The van der Waals surface area contributed by atoms with Crippen LogP contribution >= 0.6 is 0 Å². The molecule has 2 aromatic rings. The van der Waals surface area contributed by atoms with Crippen LogP contribution < -0.4 is 11.1 Å². The molecule has 0 amide bonds. The number of hydrogen-bond donors (Lipinski definition) is 2. The Labute approximate surface area is 96.1 Å². The third-order valence-electron chi connectivity index (χ3n) is 2.67. The van der Waals surface area contributed by atoms with Gasteiger partial charge in [-0.15, -0.1) is 0 Å². The van der Waals surface area contributed by atoms with Crippen LogP contribution in [0.15, 0.2) is 48.5 Å². The summed E-state index contributed by atoms with van der Waals surface area (Å²) in [5, 5.41) is 3.20. The van der Waals surface area contributed by atoms with Crippen molar-refractivity contribution < 1.29 is 0 Å². The van der Waals surface area contributed by atoms with Gasteiger partial charge in [-0.2, -0.15) is 0 Å². The fourth-order valence-corrected chi connectivity index (χ4v) is 1.82. The Bertz CT molecular complexity index is 478. The molecular formula is C14H16N2. The fourth-order valence-electron chi connectivity index (χ4n) is 1.82. The summed E-state index contributed by atoms with van der Waals surface area (Å²) in [4.78, 5) is 0. The molecule has 0 heterocycles. The van der Waals surface area contributed by atoms with Gasteiger partial charge in [-0.05, 0) is 23.3 Å². The number of nitrogens with two attached hydrogens (primary N) is 1. The third-order valence-corrected chi connectivity index (χ3v) is 2.67. The van der Waals surface area contributed by atoms with Crippen LogP contribution in [0.5, 0.6) is 0 Å². The standard InChI is InChI=1S/C14H16N2/c1-16-14-8-3-2-7-13(14)12-6-4-5-11(9-12)10-15/h2-9,16H,10,15H2,1H3. The van der Waals surface area contributed by atoms with Gasteiger partial charge in [0.1, 0.15) is 0 Å². The predicted octanol–water partition coefficient (Wildman–Crippen LogP) is 2.85. The zero-order chi connectivity index (χ0) is 11.4. The predicted molar refractivity (Wildman–Crippen MR) is 69.3 cm³/mol. The van der Waals surface area contributed by atoms with Crippen molar-refractivity contribution in [2.75, 3.05) is 12.4 Å². The van der Waals surface area contributed by atoms with E-state index in [2.05, 4.69) is 29.6 Å². The van der Waals surface area contributed by atoms with Crippen molar-refractivity contribution in [1.29, 1.82) is 0 Å². The lowest BCUT2D eigenvalue weighted by Crippen LogP contribution is -1.96. The number of benzene rings is 2. The normalized spacial score (nSPS) is 10.1. The molecule has 2 rings (SSSR count). The van der Waals surface area contributed by atoms with Crippen molar-refractivity contribution in [2.24, 2.45) is 5.73 Å². The topological polar surface area (TPSA) is 38.0 Å². The van der Waals surface area contributed by atoms with Crippen molar-refractivity contribution in [3.8, 4) is 11.1 Å². The van der Waals surface area contributed by atoms with E-state index in [9.17, 15) is 0 Å². The summed E-state index contributed by atoms with van der Waals surface area (Å²) in [6.07, 6.45) is 0. The van der Waals surface area contributed by atoms with Gasteiger partial charge in [-0.1, -0.05) is 36.4 Å². The maximum absolute atomic E-state index is 5.65. The SMILES string of the molecule is CNc1ccccc1-c1cccc(CN)c1. The van der Waals surface area contributed by atoms with Gasteiger partial charge in [-0.25, -0.2) is 0 Å². The lowest BCUT2D eigenvalue weighted by molar-refractivity contribution is 1.07. The number of para-hydroxylation sites is 1. The van der Waals surface area contributed by atoms with Crippen LogP contribution in [0.1, 0.15) is 5.56 Å². The first kappa shape index (κ1) is 10.7. The van der Waals surface area contributed by atoms with Crippen molar-refractivity contribution in [2.45, 2.75) is 6.54 Å². The Kier molecular flexibility index (Phi) is 3.22. The summed E-state index contributed by atoms with van der Waals surface area (Å²) in [7, 11) is 1.94. The van der Waals surface area contributed by atoms with Crippen molar-refractivity contribution in [1.82, 2.24) is 0 Å². The highest BCUT2D eigenvalue weighted by Gasteiger charge is 2.02. The molecule has 0 saturated heterocycles. The Morgan fingerprint density at radius 1 is 1.06 bits per heavy atom. The van der Waals surface area contributed by atoms with Crippen LogP contribution in [0.25, 0.3) is 11.1 Å². The van der Waals surface area contributed by atoms with Crippen LogP contribution in [-0.2, 0) is 6.54 Å².